The van der Waals surface area contributed by atoms with Gasteiger partial charge < -0.3 is 15.6 Å². The summed E-state index contributed by atoms with van der Waals surface area (Å²) in [6, 6.07) is 0.169. The Morgan fingerprint density at radius 1 is 1.36 bits per heavy atom. The summed E-state index contributed by atoms with van der Waals surface area (Å²) < 4.78 is 5.10. The molecule has 0 aliphatic heterocycles. The number of hydrogen-bond acceptors (Lipinski definition) is 5. The van der Waals surface area contributed by atoms with E-state index in [4.69, 9.17) is 10.3 Å². The predicted octanol–water partition coefficient (Wildman–Crippen LogP) is 2.20. The summed E-state index contributed by atoms with van der Waals surface area (Å²) in [6.07, 6.45) is 7.67. The summed E-state index contributed by atoms with van der Waals surface area (Å²) in [6.45, 7) is 1.78. The van der Waals surface area contributed by atoms with Gasteiger partial charge >= 0.3 is 0 Å². The quantitative estimate of drug-likeness (QED) is 0.883. The van der Waals surface area contributed by atoms with Crippen LogP contribution in [-0.4, -0.2) is 22.1 Å². The summed E-state index contributed by atoms with van der Waals surface area (Å²) >= 11 is 0. The molecule has 7 heteroatoms. The SMILES string of the molecule is Cc1nc(C2(NC(=O)C[C@@H]3CCC[C@H]3N)CCCC2)no1.Cl. The van der Waals surface area contributed by atoms with Gasteiger partial charge in [-0.3, -0.25) is 4.79 Å². The molecular formula is C15H25ClN4O2. The lowest BCUT2D eigenvalue weighted by Crippen LogP contribution is -2.45. The molecule has 3 rings (SSSR count). The Labute approximate surface area is 137 Å². The standard InChI is InChI=1S/C15H24N4O2.ClH/c1-10-17-14(19-21-10)15(7-2-3-8-15)18-13(20)9-11-5-4-6-12(11)16;/h11-12H,2-9,16H2,1H3,(H,18,20);1H/t11-,12+;/m0./s1. The van der Waals surface area contributed by atoms with Crippen molar-refractivity contribution < 1.29 is 9.32 Å². The van der Waals surface area contributed by atoms with Crippen LogP contribution in [0.2, 0.25) is 0 Å². The molecule has 124 valence electrons. The van der Waals surface area contributed by atoms with Crippen molar-refractivity contribution in [2.45, 2.75) is 69.9 Å². The molecular weight excluding hydrogens is 304 g/mol. The van der Waals surface area contributed by atoms with E-state index in [1.165, 1.54) is 0 Å². The topological polar surface area (TPSA) is 94.0 Å². The second kappa shape index (κ2) is 6.96. The zero-order chi connectivity index (χ0) is 14.9. The first-order chi connectivity index (χ1) is 10.1. The zero-order valence-corrected chi connectivity index (χ0v) is 13.8. The third kappa shape index (κ3) is 3.43. The molecule has 1 aromatic rings. The molecule has 0 aromatic carbocycles. The largest absolute Gasteiger partial charge is 0.343 e. The van der Waals surface area contributed by atoms with Crippen molar-refractivity contribution >= 4 is 18.3 Å². The van der Waals surface area contributed by atoms with Crippen molar-refractivity contribution in [2.75, 3.05) is 0 Å². The number of halogens is 1. The van der Waals surface area contributed by atoms with Crippen LogP contribution in [0, 0.1) is 12.8 Å². The van der Waals surface area contributed by atoms with Gasteiger partial charge in [-0.1, -0.05) is 24.4 Å². The first-order valence-electron chi connectivity index (χ1n) is 7.96. The predicted molar refractivity (Wildman–Crippen MR) is 84.5 cm³/mol. The maximum atomic E-state index is 12.4. The minimum Gasteiger partial charge on any atom is -0.343 e. The highest BCUT2D eigenvalue weighted by Crippen LogP contribution is 2.37. The maximum absolute atomic E-state index is 12.4. The van der Waals surface area contributed by atoms with Gasteiger partial charge in [-0.15, -0.1) is 12.4 Å². The van der Waals surface area contributed by atoms with Gasteiger partial charge in [0, 0.05) is 19.4 Å². The van der Waals surface area contributed by atoms with Crippen LogP contribution in [0.3, 0.4) is 0 Å². The Balaban J connectivity index is 0.00000176. The van der Waals surface area contributed by atoms with Gasteiger partial charge in [0.05, 0.1) is 0 Å². The molecule has 2 aliphatic carbocycles. The Bertz CT molecular complexity index is 513. The van der Waals surface area contributed by atoms with E-state index in [0.717, 1.165) is 44.9 Å². The molecule has 0 bridgehead atoms. The number of aryl methyl sites for hydroxylation is 1. The van der Waals surface area contributed by atoms with Crippen LogP contribution in [-0.2, 0) is 10.3 Å². The molecule has 2 saturated carbocycles. The van der Waals surface area contributed by atoms with E-state index in [0.29, 0.717) is 24.1 Å². The molecule has 0 unspecified atom stereocenters. The van der Waals surface area contributed by atoms with E-state index in [2.05, 4.69) is 15.5 Å². The Morgan fingerprint density at radius 3 is 2.64 bits per heavy atom. The lowest BCUT2D eigenvalue weighted by atomic mass is 9.94. The third-order valence-electron chi connectivity index (χ3n) is 4.96. The molecule has 2 fully saturated rings. The van der Waals surface area contributed by atoms with Crippen LogP contribution >= 0.6 is 12.4 Å². The van der Waals surface area contributed by atoms with E-state index < -0.39 is 5.54 Å². The number of nitrogens with one attached hydrogen (secondary N) is 1. The summed E-state index contributed by atoms with van der Waals surface area (Å²) in [5.74, 6) is 1.56. The number of carbonyl (C=O) groups is 1. The molecule has 6 nitrogen and oxygen atoms in total. The molecule has 0 spiro atoms. The van der Waals surface area contributed by atoms with Gasteiger partial charge in [0.15, 0.2) is 5.82 Å². The minimum atomic E-state index is -0.433. The van der Waals surface area contributed by atoms with Crippen molar-refractivity contribution in [1.29, 1.82) is 0 Å². The lowest BCUT2D eigenvalue weighted by molar-refractivity contribution is -0.124. The first-order valence-corrected chi connectivity index (χ1v) is 7.96. The van der Waals surface area contributed by atoms with Gasteiger partial charge in [0.1, 0.15) is 5.54 Å². The van der Waals surface area contributed by atoms with Crippen molar-refractivity contribution in [1.82, 2.24) is 15.5 Å². The molecule has 0 saturated heterocycles. The van der Waals surface area contributed by atoms with Crippen LogP contribution in [0.4, 0.5) is 0 Å². The number of hydrogen-bond donors (Lipinski definition) is 2. The van der Waals surface area contributed by atoms with Gasteiger partial charge in [-0.25, -0.2) is 0 Å². The lowest BCUT2D eigenvalue weighted by Gasteiger charge is -2.28. The van der Waals surface area contributed by atoms with Crippen LogP contribution in [0.25, 0.3) is 0 Å². The number of aromatic nitrogens is 2. The second-order valence-corrected chi connectivity index (χ2v) is 6.53. The number of rotatable bonds is 4. The van der Waals surface area contributed by atoms with Gasteiger partial charge in [-0.05, 0) is 31.6 Å². The third-order valence-corrected chi connectivity index (χ3v) is 4.96. The highest BCUT2D eigenvalue weighted by Gasteiger charge is 2.41. The zero-order valence-electron chi connectivity index (χ0n) is 13.0. The molecule has 2 atom stereocenters. The normalized spacial score (nSPS) is 26.6. The smallest absolute Gasteiger partial charge is 0.223 e. The van der Waals surface area contributed by atoms with Crippen LogP contribution < -0.4 is 11.1 Å². The summed E-state index contributed by atoms with van der Waals surface area (Å²) in [5, 5.41) is 7.23. The van der Waals surface area contributed by atoms with E-state index >= 15 is 0 Å². The molecule has 1 aromatic heterocycles. The molecule has 1 heterocycles. The van der Waals surface area contributed by atoms with Crippen LogP contribution in [0.1, 0.15) is 63.1 Å². The molecule has 3 N–H and O–H groups in total. The maximum Gasteiger partial charge on any atom is 0.223 e. The highest BCUT2D eigenvalue weighted by atomic mass is 35.5. The summed E-state index contributed by atoms with van der Waals surface area (Å²) in [4.78, 5) is 16.8. The van der Waals surface area contributed by atoms with Gasteiger partial charge in [0.2, 0.25) is 11.8 Å². The fourth-order valence-corrected chi connectivity index (χ4v) is 3.75. The molecule has 0 radical (unpaired) electrons. The molecule has 22 heavy (non-hydrogen) atoms. The highest BCUT2D eigenvalue weighted by molar-refractivity contribution is 5.85. The van der Waals surface area contributed by atoms with Crippen molar-refractivity contribution in [2.24, 2.45) is 11.7 Å². The van der Waals surface area contributed by atoms with Crippen LogP contribution in [0.5, 0.6) is 0 Å². The molecule has 1 amide bonds. The average molecular weight is 329 g/mol. The monoisotopic (exact) mass is 328 g/mol. The molecule has 2 aliphatic rings. The van der Waals surface area contributed by atoms with Gasteiger partial charge in [-0.2, -0.15) is 4.98 Å². The van der Waals surface area contributed by atoms with Crippen molar-refractivity contribution in [3.8, 4) is 0 Å². The Morgan fingerprint density at radius 2 is 2.09 bits per heavy atom. The average Bonchev–Trinajstić information content (AvgIpc) is 3.14. The minimum absolute atomic E-state index is 0. The first kappa shape index (κ1) is 17.2. The summed E-state index contributed by atoms with van der Waals surface area (Å²) in [7, 11) is 0. The number of carbonyl (C=O) groups excluding carboxylic acids is 1. The van der Waals surface area contributed by atoms with E-state index in [-0.39, 0.29) is 24.4 Å². The fourth-order valence-electron chi connectivity index (χ4n) is 3.75. The van der Waals surface area contributed by atoms with E-state index in [1.807, 2.05) is 0 Å². The number of nitrogens with zero attached hydrogens (tertiary/aromatic N) is 2. The van der Waals surface area contributed by atoms with Crippen molar-refractivity contribution in [3.05, 3.63) is 11.7 Å². The van der Waals surface area contributed by atoms with Crippen molar-refractivity contribution in [3.63, 3.8) is 0 Å². The second-order valence-electron chi connectivity index (χ2n) is 6.53. The Hall–Kier alpha value is -1.14. The van der Waals surface area contributed by atoms with Gasteiger partial charge in [0.25, 0.3) is 0 Å². The van der Waals surface area contributed by atoms with Crippen LogP contribution in [0.15, 0.2) is 4.52 Å². The Kier molecular flexibility index (Phi) is 5.45. The number of amides is 1. The van der Waals surface area contributed by atoms with E-state index in [9.17, 15) is 4.79 Å². The number of nitrogens with two attached hydrogens (primary N) is 1. The fraction of sp³-hybridized carbons (Fsp3) is 0.800. The van der Waals surface area contributed by atoms with E-state index in [1.54, 1.807) is 6.92 Å². The summed E-state index contributed by atoms with van der Waals surface area (Å²) in [5.41, 5.74) is 5.63.